The predicted octanol–water partition coefficient (Wildman–Crippen LogP) is 5.46. The first-order valence-corrected chi connectivity index (χ1v) is 12.8. The van der Waals surface area contributed by atoms with E-state index in [2.05, 4.69) is 0 Å². The molecule has 0 radical (unpaired) electrons. The van der Waals surface area contributed by atoms with E-state index in [1.54, 1.807) is 52.7 Å². The molecule has 7 heteroatoms. The summed E-state index contributed by atoms with van der Waals surface area (Å²) < 4.78 is 5.48. The Morgan fingerprint density at radius 2 is 1.39 bits per heavy atom. The number of ketones is 1. The molecular weight excluding hydrogens is 430 g/mol. The molecule has 1 unspecified atom stereocenters. The normalized spacial score (nSPS) is 12.8. The van der Waals surface area contributed by atoms with Gasteiger partial charge in [-0.05, 0) is 55.2 Å². The van der Waals surface area contributed by atoms with Gasteiger partial charge in [-0.25, -0.2) is 4.79 Å². The molecule has 0 aliphatic carbocycles. The average molecular weight is 462 g/mol. The van der Waals surface area contributed by atoms with Gasteiger partial charge in [0, 0.05) is 28.4 Å². The molecule has 2 aromatic rings. The number of amides is 1. The Bertz CT molecular complexity index is 849. The van der Waals surface area contributed by atoms with Crippen molar-refractivity contribution in [1.82, 2.24) is 4.90 Å². The van der Waals surface area contributed by atoms with Gasteiger partial charge in [0.25, 0.3) is 0 Å². The Morgan fingerprint density at radius 1 is 0.903 bits per heavy atom. The van der Waals surface area contributed by atoms with Crippen LogP contribution in [0.15, 0.2) is 58.3 Å². The fraction of sp³-hybridized carbons (Fsp3) is 0.417. The highest BCUT2D eigenvalue weighted by molar-refractivity contribution is 7.98. The van der Waals surface area contributed by atoms with Crippen LogP contribution in [0.4, 0.5) is 4.79 Å². The van der Waals surface area contributed by atoms with Crippen LogP contribution in [0, 0.1) is 0 Å². The summed E-state index contributed by atoms with van der Waals surface area (Å²) in [6, 6.07) is 14.2. The number of Topliss-reactive ketones (excluding diaryl/α,β-unsaturated/α-hetero) is 1. The number of benzene rings is 2. The van der Waals surface area contributed by atoms with Crippen molar-refractivity contribution in [3.8, 4) is 0 Å². The second-order valence-electron chi connectivity index (χ2n) is 7.19. The minimum Gasteiger partial charge on any atom is -0.445 e. The van der Waals surface area contributed by atoms with Gasteiger partial charge in [0.1, 0.15) is 6.61 Å². The Balaban J connectivity index is 2.34. The first-order chi connectivity index (χ1) is 14.9. The zero-order valence-electron chi connectivity index (χ0n) is 18.6. The van der Waals surface area contributed by atoms with Gasteiger partial charge in [-0.15, -0.1) is 23.5 Å². The topological polar surface area (TPSA) is 66.8 Å². The number of carbonyl (C=O) groups excluding carboxylic acids is 2. The maximum Gasteiger partial charge on any atom is 0.409 e. The highest BCUT2D eigenvalue weighted by Crippen LogP contribution is 2.29. The SMILES string of the molecule is CCCN(CCC)C(=O)OCC(O)(C(=O)c1ccc(SC)cc1)c1ccc(SC)cc1. The molecule has 0 aromatic heterocycles. The van der Waals surface area contributed by atoms with Gasteiger partial charge in [-0.3, -0.25) is 4.79 Å². The van der Waals surface area contributed by atoms with Crippen LogP contribution < -0.4 is 0 Å². The van der Waals surface area contributed by atoms with E-state index in [0.29, 0.717) is 24.2 Å². The van der Waals surface area contributed by atoms with E-state index in [4.69, 9.17) is 4.74 Å². The maximum absolute atomic E-state index is 13.4. The molecule has 1 N–H and O–H groups in total. The van der Waals surface area contributed by atoms with Crippen molar-refractivity contribution in [3.05, 3.63) is 59.7 Å². The van der Waals surface area contributed by atoms with E-state index >= 15 is 0 Å². The minimum absolute atomic E-state index is 0.365. The van der Waals surface area contributed by atoms with Crippen LogP contribution in [0.2, 0.25) is 0 Å². The molecule has 5 nitrogen and oxygen atoms in total. The van der Waals surface area contributed by atoms with Crippen LogP contribution in [0.25, 0.3) is 0 Å². The molecule has 1 amide bonds. The highest BCUT2D eigenvalue weighted by Gasteiger charge is 2.40. The van der Waals surface area contributed by atoms with Crippen LogP contribution in [-0.4, -0.2) is 54.1 Å². The Labute approximate surface area is 193 Å². The summed E-state index contributed by atoms with van der Waals surface area (Å²) in [6.07, 6.45) is 5.00. The van der Waals surface area contributed by atoms with Gasteiger partial charge < -0.3 is 14.7 Å². The maximum atomic E-state index is 13.4. The van der Waals surface area contributed by atoms with Crippen LogP contribution in [0.5, 0.6) is 0 Å². The largest absolute Gasteiger partial charge is 0.445 e. The number of thioether (sulfide) groups is 2. The lowest BCUT2D eigenvalue weighted by molar-refractivity contribution is -0.0173. The van der Waals surface area contributed by atoms with Crippen LogP contribution in [0.3, 0.4) is 0 Å². The number of hydrogen-bond acceptors (Lipinski definition) is 6. The number of carbonyl (C=O) groups is 2. The number of ether oxygens (including phenoxy) is 1. The third kappa shape index (κ3) is 6.51. The van der Waals surface area contributed by atoms with Gasteiger partial charge in [0.05, 0.1) is 0 Å². The van der Waals surface area contributed by atoms with E-state index in [-0.39, 0.29) is 0 Å². The Kier molecular flexibility index (Phi) is 9.93. The molecule has 0 spiro atoms. The van der Waals surface area contributed by atoms with Gasteiger partial charge in [-0.1, -0.05) is 38.1 Å². The fourth-order valence-electron chi connectivity index (χ4n) is 3.22. The molecule has 0 fully saturated rings. The van der Waals surface area contributed by atoms with Crippen molar-refractivity contribution >= 4 is 35.4 Å². The summed E-state index contributed by atoms with van der Waals surface area (Å²) >= 11 is 3.14. The lowest BCUT2D eigenvalue weighted by Gasteiger charge is -2.29. The number of rotatable bonds is 11. The second kappa shape index (κ2) is 12.2. The fourth-order valence-corrected chi connectivity index (χ4v) is 4.04. The zero-order chi connectivity index (χ0) is 22.9. The molecule has 0 saturated carbocycles. The van der Waals surface area contributed by atoms with Crippen molar-refractivity contribution in [1.29, 1.82) is 0 Å². The monoisotopic (exact) mass is 461 g/mol. The molecule has 168 valence electrons. The van der Waals surface area contributed by atoms with Crippen molar-refractivity contribution in [3.63, 3.8) is 0 Å². The third-order valence-corrected chi connectivity index (χ3v) is 6.43. The first kappa shape index (κ1) is 25.3. The molecule has 2 aromatic carbocycles. The molecule has 1 atom stereocenters. The molecule has 0 aliphatic rings. The van der Waals surface area contributed by atoms with Crippen LogP contribution in [-0.2, 0) is 10.3 Å². The molecule has 0 saturated heterocycles. The summed E-state index contributed by atoms with van der Waals surface area (Å²) in [5, 5.41) is 11.5. The van der Waals surface area contributed by atoms with E-state index in [1.165, 1.54) is 0 Å². The average Bonchev–Trinajstić information content (AvgIpc) is 2.81. The van der Waals surface area contributed by atoms with Crippen molar-refractivity contribution in [2.24, 2.45) is 0 Å². The summed E-state index contributed by atoms with van der Waals surface area (Å²) in [5.41, 5.74) is -1.21. The third-order valence-electron chi connectivity index (χ3n) is 4.95. The standard InChI is InChI=1S/C24H31NO4S2/c1-5-15-25(16-6-2)23(27)29-17-24(28,19-9-13-21(31-4)14-10-19)22(26)18-7-11-20(30-3)12-8-18/h7-14,28H,5-6,15-17H2,1-4H3. The number of aliphatic hydroxyl groups is 1. The second-order valence-corrected chi connectivity index (χ2v) is 8.95. The van der Waals surface area contributed by atoms with E-state index in [9.17, 15) is 14.7 Å². The first-order valence-electron chi connectivity index (χ1n) is 10.4. The summed E-state index contributed by atoms with van der Waals surface area (Å²) in [7, 11) is 0. The smallest absolute Gasteiger partial charge is 0.409 e. The van der Waals surface area contributed by atoms with Gasteiger partial charge >= 0.3 is 6.09 Å². The van der Waals surface area contributed by atoms with Crippen molar-refractivity contribution < 1.29 is 19.4 Å². The van der Waals surface area contributed by atoms with Crippen LogP contribution in [0.1, 0.15) is 42.6 Å². The number of hydrogen-bond donors (Lipinski definition) is 1. The van der Waals surface area contributed by atoms with Crippen molar-refractivity contribution in [2.45, 2.75) is 42.1 Å². The lowest BCUT2D eigenvalue weighted by Crippen LogP contribution is -2.43. The Morgan fingerprint density at radius 3 is 1.84 bits per heavy atom. The summed E-state index contributed by atoms with van der Waals surface area (Å²) in [4.78, 5) is 29.6. The van der Waals surface area contributed by atoms with Gasteiger partial charge in [0.15, 0.2) is 5.60 Å². The predicted molar refractivity (Wildman–Crippen MR) is 128 cm³/mol. The molecule has 31 heavy (non-hydrogen) atoms. The van der Waals surface area contributed by atoms with Crippen LogP contribution >= 0.6 is 23.5 Å². The molecule has 2 rings (SSSR count). The molecular formula is C24H31NO4S2. The summed E-state index contributed by atoms with van der Waals surface area (Å²) in [5.74, 6) is -0.498. The minimum atomic E-state index is -1.97. The number of nitrogens with zero attached hydrogens (tertiary/aromatic N) is 1. The van der Waals surface area contributed by atoms with E-state index < -0.39 is 24.1 Å². The molecule has 0 aliphatic heterocycles. The van der Waals surface area contributed by atoms with Gasteiger partial charge in [-0.2, -0.15) is 0 Å². The van der Waals surface area contributed by atoms with Crippen molar-refractivity contribution in [2.75, 3.05) is 32.2 Å². The van der Waals surface area contributed by atoms with E-state index in [1.807, 2.05) is 50.6 Å². The zero-order valence-corrected chi connectivity index (χ0v) is 20.2. The Hall–Kier alpha value is -1.96. The molecule has 0 bridgehead atoms. The lowest BCUT2D eigenvalue weighted by atomic mass is 9.86. The molecule has 0 heterocycles. The van der Waals surface area contributed by atoms with E-state index in [0.717, 1.165) is 22.6 Å². The summed E-state index contributed by atoms with van der Waals surface area (Å²) in [6.45, 7) is 4.66. The van der Waals surface area contributed by atoms with Gasteiger partial charge in [0.2, 0.25) is 5.78 Å². The quantitative estimate of drug-likeness (QED) is 0.354. The highest BCUT2D eigenvalue weighted by atomic mass is 32.2.